The van der Waals surface area contributed by atoms with Crippen molar-refractivity contribution in [1.82, 2.24) is 0 Å². The van der Waals surface area contributed by atoms with Gasteiger partial charge in [-0.2, -0.15) is 0 Å². The molecule has 6 atom stereocenters. The summed E-state index contributed by atoms with van der Waals surface area (Å²) < 4.78 is 12.5. The fourth-order valence-electron chi connectivity index (χ4n) is 7.99. The molecule has 0 spiro atoms. The summed E-state index contributed by atoms with van der Waals surface area (Å²) in [6.07, 6.45) is 32.0. The van der Waals surface area contributed by atoms with Gasteiger partial charge in [0.1, 0.15) is 22.4 Å². The zero-order valence-corrected chi connectivity index (χ0v) is 28.8. The lowest BCUT2D eigenvalue weighted by atomic mass is 9.63. The molecule has 44 heavy (non-hydrogen) atoms. The average molecular weight is 601 g/mol. The summed E-state index contributed by atoms with van der Waals surface area (Å²) >= 11 is 0. The van der Waals surface area contributed by atoms with Crippen molar-refractivity contribution < 1.29 is 19.7 Å². The molecule has 240 valence electrons. The fraction of sp³-hybridized carbons (Fsp3) is 0.550. The summed E-state index contributed by atoms with van der Waals surface area (Å²) in [5.74, 6) is 0. The van der Waals surface area contributed by atoms with E-state index in [0.29, 0.717) is 12.8 Å². The quantitative estimate of drug-likeness (QED) is 0.194. The minimum absolute atomic E-state index is 0.0969. The highest BCUT2D eigenvalue weighted by molar-refractivity contribution is 5.38. The summed E-state index contributed by atoms with van der Waals surface area (Å²) in [5, 5.41) is 20.5. The lowest BCUT2D eigenvalue weighted by Crippen LogP contribution is -2.46. The standard InChI is InChI=1S/C40H56O4/c1-29(17-13-19-31(3)21-23-39-35(5,6)25-33(41)27-37(39,9)43-39)15-11-12-16-30(2)18-14-20-32(4)22-24-40-36(7,8)26-34(42)28-38(40,10)44-40/h11-24,33-34,41-42H,25-28H2,1-10H3/t33?,34?,37-,38-,39+,40+/m1/s1. The molecular formula is C40H56O4. The third kappa shape index (κ3) is 6.84. The Hall–Kier alpha value is -2.50. The van der Waals surface area contributed by atoms with Crippen LogP contribution in [0.15, 0.2) is 107 Å². The molecule has 0 aromatic carbocycles. The Morgan fingerprint density at radius 3 is 1.16 bits per heavy atom. The third-order valence-electron chi connectivity index (χ3n) is 10.4. The van der Waals surface area contributed by atoms with Crippen molar-refractivity contribution in [2.24, 2.45) is 10.8 Å². The lowest BCUT2D eigenvalue weighted by molar-refractivity contribution is 0.0510. The Balaban J connectivity index is 1.25. The van der Waals surface area contributed by atoms with E-state index >= 15 is 0 Å². The molecular weight excluding hydrogens is 544 g/mol. The number of aliphatic hydroxyl groups excluding tert-OH is 2. The van der Waals surface area contributed by atoms with Gasteiger partial charge in [-0.15, -0.1) is 0 Å². The van der Waals surface area contributed by atoms with E-state index in [0.717, 1.165) is 12.8 Å². The predicted molar refractivity (Wildman–Crippen MR) is 183 cm³/mol. The Morgan fingerprint density at radius 1 is 0.500 bits per heavy atom. The van der Waals surface area contributed by atoms with Gasteiger partial charge >= 0.3 is 0 Å². The maximum absolute atomic E-state index is 10.3. The molecule has 2 N–H and O–H groups in total. The van der Waals surface area contributed by atoms with Crippen molar-refractivity contribution in [3.8, 4) is 0 Å². The minimum atomic E-state index is -0.294. The van der Waals surface area contributed by atoms with Gasteiger partial charge in [-0.25, -0.2) is 0 Å². The monoisotopic (exact) mass is 600 g/mol. The Labute approximate surface area is 267 Å². The van der Waals surface area contributed by atoms with E-state index in [2.05, 4.69) is 154 Å². The van der Waals surface area contributed by atoms with E-state index in [1.807, 2.05) is 0 Å². The van der Waals surface area contributed by atoms with Crippen LogP contribution in [0, 0.1) is 10.8 Å². The van der Waals surface area contributed by atoms with Gasteiger partial charge in [-0.3, -0.25) is 0 Å². The van der Waals surface area contributed by atoms with Crippen molar-refractivity contribution in [2.75, 3.05) is 0 Å². The highest BCUT2D eigenvalue weighted by atomic mass is 16.6. The van der Waals surface area contributed by atoms with Gasteiger partial charge in [-0.1, -0.05) is 123 Å². The second kappa shape index (κ2) is 12.4. The van der Waals surface area contributed by atoms with Crippen LogP contribution in [0.5, 0.6) is 0 Å². The van der Waals surface area contributed by atoms with E-state index in [4.69, 9.17) is 9.47 Å². The number of allylic oxidation sites excluding steroid dienone is 16. The summed E-state index contributed by atoms with van der Waals surface area (Å²) in [7, 11) is 0. The van der Waals surface area contributed by atoms with Crippen LogP contribution in [-0.4, -0.2) is 44.8 Å². The maximum Gasteiger partial charge on any atom is 0.121 e. The van der Waals surface area contributed by atoms with Crippen LogP contribution < -0.4 is 0 Å². The topological polar surface area (TPSA) is 65.5 Å². The van der Waals surface area contributed by atoms with E-state index in [9.17, 15) is 10.2 Å². The molecule has 2 unspecified atom stereocenters. The molecule has 0 bridgehead atoms. The molecule has 0 amide bonds. The van der Waals surface area contributed by atoms with Crippen LogP contribution in [0.2, 0.25) is 0 Å². The van der Waals surface area contributed by atoms with Crippen LogP contribution in [0.1, 0.15) is 94.9 Å². The molecule has 2 aliphatic heterocycles. The summed E-state index contributed by atoms with van der Waals surface area (Å²) in [6.45, 7) is 21.4. The van der Waals surface area contributed by atoms with Gasteiger partial charge in [0, 0.05) is 23.7 Å². The SMILES string of the molecule is CC(C=CC=C(C)C=C[C@@]12O[C@]1(C)CC(O)CC2(C)C)=CC=CC=C(C)C=CC=C(C)C=C[C@@]12O[C@]1(C)CC(O)CC2(C)C. The highest BCUT2D eigenvalue weighted by Crippen LogP contribution is 2.67. The zero-order valence-electron chi connectivity index (χ0n) is 28.8. The smallest absolute Gasteiger partial charge is 0.121 e. The summed E-state index contributed by atoms with van der Waals surface area (Å²) in [4.78, 5) is 0. The van der Waals surface area contributed by atoms with Gasteiger partial charge in [-0.05, 0) is 66.5 Å². The molecule has 2 heterocycles. The van der Waals surface area contributed by atoms with Crippen LogP contribution >= 0.6 is 0 Å². The first-order valence-corrected chi connectivity index (χ1v) is 16.3. The van der Waals surface area contributed by atoms with Gasteiger partial charge in [0.15, 0.2) is 0 Å². The largest absolute Gasteiger partial charge is 0.393 e. The number of hydrogen-bond donors (Lipinski definition) is 2. The second-order valence-corrected chi connectivity index (χ2v) is 15.4. The van der Waals surface area contributed by atoms with E-state index in [1.54, 1.807) is 0 Å². The first-order chi connectivity index (χ1) is 20.4. The molecule has 0 aromatic rings. The minimum Gasteiger partial charge on any atom is -0.393 e. The first-order valence-electron chi connectivity index (χ1n) is 16.3. The Kier molecular flexibility index (Phi) is 9.66. The van der Waals surface area contributed by atoms with Crippen molar-refractivity contribution in [3.05, 3.63) is 107 Å². The molecule has 0 radical (unpaired) electrons. The predicted octanol–water partition coefficient (Wildman–Crippen LogP) is 8.97. The normalized spacial score (nSPS) is 39.2. The van der Waals surface area contributed by atoms with E-state index in [1.165, 1.54) is 22.3 Å². The number of rotatable bonds is 10. The molecule has 4 nitrogen and oxygen atoms in total. The number of fused-ring (bicyclic) bond motifs is 2. The molecule has 2 saturated carbocycles. The molecule has 2 saturated heterocycles. The molecule has 4 rings (SSSR count). The summed E-state index contributed by atoms with van der Waals surface area (Å²) in [5.41, 5.74) is 3.36. The van der Waals surface area contributed by atoms with Crippen molar-refractivity contribution >= 4 is 0 Å². The Bertz CT molecular complexity index is 1270. The van der Waals surface area contributed by atoms with Crippen LogP contribution in [0.25, 0.3) is 0 Å². The number of ether oxygens (including phenoxy) is 2. The number of aliphatic hydroxyl groups is 2. The van der Waals surface area contributed by atoms with Crippen molar-refractivity contribution in [2.45, 2.75) is 130 Å². The zero-order chi connectivity index (χ0) is 32.6. The van der Waals surface area contributed by atoms with Crippen molar-refractivity contribution in [3.63, 3.8) is 0 Å². The van der Waals surface area contributed by atoms with Gasteiger partial charge in [0.2, 0.25) is 0 Å². The number of epoxide rings is 2. The van der Waals surface area contributed by atoms with Crippen molar-refractivity contribution in [1.29, 1.82) is 0 Å². The molecule has 4 heteroatoms. The fourth-order valence-corrected chi connectivity index (χ4v) is 7.99. The third-order valence-corrected chi connectivity index (χ3v) is 10.4. The average Bonchev–Trinajstić information content (AvgIpc) is 3.73. The molecule has 4 fully saturated rings. The number of hydrogen-bond acceptors (Lipinski definition) is 4. The van der Waals surface area contributed by atoms with Crippen LogP contribution in [-0.2, 0) is 9.47 Å². The molecule has 4 aliphatic rings. The van der Waals surface area contributed by atoms with Gasteiger partial charge in [0.05, 0.1) is 12.2 Å². The van der Waals surface area contributed by atoms with E-state index < -0.39 is 0 Å². The molecule has 2 aliphatic carbocycles. The summed E-state index contributed by atoms with van der Waals surface area (Å²) in [6, 6.07) is 0. The molecule has 0 aromatic heterocycles. The maximum atomic E-state index is 10.3. The highest BCUT2D eigenvalue weighted by Gasteiger charge is 2.75. The first kappa shape index (κ1) is 34.4. The van der Waals surface area contributed by atoms with Crippen LogP contribution in [0.4, 0.5) is 0 Å². The van der Waals surface area contributed by atoms with Gasteiger partial charge in [0.25, 0.3) is 0 Å². The van der Waals surface area contributed by atoms with Crippen LogP contribution in [0.3, 0.4) is 0 Å². The Morgan fingerprint density at radius 2 is 0.818 bits per heavy atom. The lowest BCUT2D eigenvalue weighted by Gasteiger charge is -2.39. The van der Waals surface area contributed by atoms with E-state index in [-0.39, 0.29) is 45.4 Å². The second-order valence-electron chi connectivity index (χ2n) is 15.4. The van der Waals surface area contributed by atoms with Gasteiger partial charge < -0.3 is 19.7 Å².